The lowest BCUT2D eigenvalue weighted by atomic mass is 10.1. The van der Waals surface area contributed by atoms with Crippen molar-refractivity contribution >= 4 is 16.9 Å². The lowest BCUT2D eigenvalue weighted by molar-refractivity contribution is 0.0790. The molecule has 7 nitrogen and oxygen atoms in total. The summed E-state index contributed by atoms with van der Waals surface area (Å²) in [5.74, 6) is 2.29. The van der Waals surface area contributed by atoms with Crippen LogP contribution in [0.5, 0.6) is 5.88 Å². The van der Waals surface area contributed by atoms with Crippen molar-refractivity contribution in [2.75, 3.05) is 20.2 Å². The van der Waals surface area contributed by atoms with Gasteiger partial charge in [0.25, 0.3) is 5.91 Å². The lowest BCUT2D eigenvalue weighted by Gasteiger charge is -2.18. The molecule has 0 aromatic carbocycles. The van der Waals surface area contributed by atoms with Crippen molar-refractivity contribution in [3.8, 4) is 5.88 Å². The first kappa shape index (κ1) is 18.4. The van der Waals surface area contributed by atoms with Gasteiger partial charge in [0, 0.05) is 44.0 Å². The number of hydrogen-bond acceptors (Lipinski definition) is 5. The summed E-state index contributed by atoms with van der Waals surface area (Å²) >= 11 is 0. The highest BCUT2D eigenvalue weighted by Gasteiger charge is 2.31. The molecule has 1 aliphatic rings. The maximum absolute atomic E-state index is 12.9. The van der Waals surface area contributed by atoms with Gasteiger partial charge in [0.2, 0.25) is 5.88 Å². The van der Waals surface area contributed by atoms with Crippen molar-refractivity contribution in [2.45, 2.75) is 32.7 Å². The van der Waals surface area contributed by atoms with Crippen LogP contribution in [0.2, 0.25) is 0 Å². The fourth-order valence-corrected chi connectivity index (χ4v) is 3.82. The highest BCUT2D eigenvalue weighted by atomic mass is 16.5. The van der Waals surface area contributed by atoms with Crippen LogP contribution in [0.15, 0.2) is 36.8 Å². The van der Waals surface area contributed by atoms with E-state index < -0.39 is 0 Å². The number of rotatable bonds is 5. The van der Waals surface area contributed by atoms with E-state index in [0.717, 1.165) is 36.4 Å². The Labute approximate surface area is 164 Å². The van der Waals surface area contributed by atoms with Crippen LogP contribution < -0.4 is 4.74 Å². The van der Waals surface area contributed by atoms with Crippen molar-refractivity contribution < 1.29 is 9.53 Å². The van der Waals surface area contributed by atoms with Gasteiger partial charge >= 0.3 is 0 Å². The summed E-state index contributed by atoms with van der Waals surface area (Å²) < 4.78 is 7.35. The van der Waals surface area contributed by atoms with E-state index in [4.69, 9.17) is 9.72 Å². The van der Waals surface area contributed by atoms with Crippen molar-refractivity contribution in [3.63, 3.8) is 0 Å². The second-order valence-corrected chi connectivity index (χ2v) is 7.66. The molecule has 146 valence electrons. The zero-order valence-corrected chi connectivity index (χ0v) is 16.5. The zero-order chi connectivity index (χ0) is 19.7. The second kappa shape index (κ2) is 7.58. The first-order valence-electron chi connectivity index (χ1n) is 9.66. The van der Waals surface area contributed by atoms with Gasteiger partial charge < -0.3 is 14.2 Å². The van der Waals surface area contributed by atoms with E-state index in [-0.39, 0.29) is 11.8 Å². The number of imidazole rings is 1. The molecule has 28 heavy (non-hydrogen) atoms. The number of carbonyl (C=O) groups excluding carboxylic acids is 1. The smallest absolute Gasteiger partial charge is 0.255 e. The number of carbonyl (C=O) groups is 1. The molecular weight excluding hydrogens is 354 g/mol. The van der Waals surface area contributed by atoms with Gasteiger partial charge in [-0.25, -0.2) is 9.97 Å². The molecule has 1 amide bonds. The maximum Gasteiger partial charge on any atom is 0.255 e. The average molecular weight is 379 g/mol. The number of likely N-dealkylation sites (tertiary alicyclic amines) is 1. The molecule has 0 bridgehead atoms. The fourth-order valence-electron chi connectivity index (χ4n) is 3.82. The van der Waals surface area contributed by atoms with Crippen LogP contribution in [0, 0.1) is 5.92 Å². The van der Waals surface area contributed by atoms with E-state index in [9.17, 15) is 4.79 Å². The zero-order valence-electron chi connectivity index (χ0n) is 16.5. The molecule has 1 atom stereocenters. The lowest BCUT2D eigenvalue weighted by Crippen LogP contribution is -2.29. The minimum atomic E-state index is 0.00541. The minimum Gasteiger partial charge on any atom is -0.481 e. The molecule has 1 saturated heterocycles. The highest BCUT2D eigenvalue weighted by Crippen LogP contribution is 2.30. The summed E-state index contributed by atoms with van der Waals surface area (Å²) in [6, 6.07) is 5.44. The Morgan fingerprint density at radius 2 is 2.14 bits per heavy atom. The van der Waals surface area contributed by atoms with Gasteiger partial charge in [-0.15, -0.1) is 0 Å². The van der Waals surface area contributed by atoms with Gasteiger partial charge in [0.1, 0.15) is 5.82 Å². The Balaban J connectivity index is 1.57. The molecule has 4 heterocycles. The van der Waals surface area contributed by atoms with Gasteiger partial charge in [0.05, 0.1) is 29.9 Å². The molecule has 3 aromatic heterocycles. The average Bonchev–Trinajstić information content (AvgIpc) is 3.32. The van der Waals surface area contributed by atoms with Crippen molar-refractivity contribution in [1.82, 2.24) is 24.4 Å². The third-order valence-electron chi connectivity index (χ3n) is 5.16. The largest absolute Gasteiger partial charge is 0.481 e. The number of amides is 1. The molecule has 1 fully saturated rings. The van der Waals surface area contributed by atoms with Gasteiger partial charge in [-0.1, -0.05) is 13.8 Å². The van der Waals surface area contributed by atoms with Gasteiger partial charge in [-0.05, 0) is 24.5 Å². The first-order valence-corrected chi connectivity index (χ1v) is 9.66. The molecule has 4 rings (SSSR count). The van der Waals surface area contributed by atoms with E-state index in [1.54, 1.807) is 31.6 Å². The van der Waals surface area contributed by atoms with Crippen LogP contribution in [0.1, 0.15) is 42.4 Å². The number of methoxy groups -OCH3 is 1. The summed E-state index contributed by atoms with van der Waals surface area (Å²) in [7, 11) is 1.56. The second-order valence-electron chi connectivity index (χ2n) is 7.66. The number of aromatic nitrogens is 4. The molecule has 0 spiro atoms. The quantitative estimate of drug-likeness (QED) is 0.681. The molecule has 3 aromatic rings. The van der Waals surface area contributed by atoms with Crippen molar-refractivity contribution in [2.24, 2.45) is 5.92 Å². The standard InChI is InChI=1S/C21H25N5O2/c1-14(2)12-26-18-11-22-8-6-17(18)24-20(26)16-7-9-25(13-16)21(27)15-4-5-19(28-3)23-10-15/h4-6,8,10-11,14,16H,7,9,12-13H2,1-3H3. The van der Waals surface area contributed by atoms with Crippen LogP contribution in [0.4, 0.5) is 0 Å². The third-order valence-corrected chi connectivity index (χ3v) is 5.16. The Bertz CT molecular complexity index is 980. The SMILES string of the molecule is COc1ccc(C(=O)N2CCC(c3nc4ccncc4n3CC(C)C)C2)cn1. The molecule has 0 aliphatic carbocycles. The Kier molecular flexibility index (Phi) is 4.98. The predicted molar refractivity (Wildman–Crippen MR) is 106 cm³/mol. The molecule has 0 radical (unpaired) electrons. The van der Waals surface area contributed by atoms with Crippen LogP contribution in [0.3, 0.4) is 0 Å². The fraction of sp³-hybridized carbons (Fsp3) is 0.429. The number of ether oxygens (including phenoxy) is 1. The molecule has 0 N–H and O–H groups in total. The summed E-state index contributed by atoms with van der Waals surface area (Å²) in [6.07, 6.45) is 6.15. The Morgan fingerprint density at radius 3 is 2.86 bits per heavy atom. The predicted octanol–water partition coefficient (Wildman–Crippen LogP) is 3.12. The monoisotopic (exact) mass is 379 g/mol. The van der Waals surface area contributed by atoms with Crippen LogP contribution in [-0.2, 0) is 6.54 Å². The first-order chi connectivity index (χ1) is 13.6. The molecule has 7 heteroatoms. The minimum absolute atomic E-state index is 0.00541. The van der Waals surface area contributed by atoms with Crippen molar-refractivity contribution in [3.05, 3.63) is 48.2 Å². The topological polar surface area (TPSA) is 73.1 Å². The third kappa shape index (κ3) is 3.44. The van der Waals surface area contributed by atoms with E-state index >= 15 is 0 Å². The van der Waals surface area contributed by atoms with Crippen LogP contribution >= 0.6 is 0 Å². The maximum atomic E-state index is 12.9. The van der Waals surface area contributed by atoms with Crippen LogP contribution in [0.25, 0.3) is 11.0 Å². The summed E-state index contributed by atoms with van der Waals surface area (Å²) in [5.41, 5.74) is 2.62. The van der Waals surface area contributed by atoms with Crippen LogP contribution in [-0.4, -0.2) is 50.5 Å². The molecule has 1 unspecified atom stereocenters. The highest BCUT2D eigenvalue weighted by molar-refractivity contribution is 5.94. The molecule has 1 aliphatic heterocycles. The summed E-state index contributed by atoms with van der Waals surface area (Å²) in [4.78, 5) is 28.1. The van der Waals surface area contributed by atoms with E-state index in [2.05, 4.69) is 28.4 Å². The Hall–Kier alpha value is -2.96. The summed E-state index contributed by atoms with van der Waals surface area (Å²) in [6.45, 7) is 6.68. The molecule has 0 saturated carbocycles. The molecular formula is C21H25N5O2. The van der Waals surface area contributed by atoms with Crippen molar-refractivity contribution in [1.29, 1.82) is 0 Å². The summed E-state index contributed by atoms with van der Waals surface area (Å²) in [5, 5.41) is 0. The number of fused-ring (bicyclic) bond motifs is 1. The van der Waals surface area contributed by atoms with Gasteiger partial charge in [-0.3, -0.25) is 9.78 Å². The van der Waals surface area contributed by atoms with E-state index in [1.165, 1.54) is 0 Å². The normalized spacial score (nSPS) is 16.9. The number of pyridine rings is 2. The van der Waals surface area contributed by atoms with E-state index in [1.807, 2.05) is 17.2 Å². The number of hydrogen-bond donors (Lipinski definition) is 0. The number of nitrogens with zero attached hydrogens (tertiary/aromatic N) is 5. The Morgan fingerprint density at radius 1 is 1.29 bits per heavy atom. The van der Waals surface area contributed by atoms with E-state index in [0.29, 0.717) is 23.9 Å². The van der Waals surface area contributed by atoms with Gasteiger partial charge in [-0.2, -0.15) is 0 Å². The van der Waals surface area contributed by atoms with Gasteiger partial charge in [0.15, 0.2) is 0 Å².